The molecule has 1 aromatic rings. The summed E-state index contributed by atoms with van der Waals surface area (Å²) in [6, 6.07) is 4.10. The number of nitrogens with zero attached hydrogens (tertiary/aromatic N) is 2. The van der Waals surface area contributed by atoms with Gasteiger partial charge in [0, 0.05) is 18.8 Å². The van der Waals surface area contributed by atoms with Crippen LogP contribution in [0.2, 0.25) is 0 Å². The van der Waals surface area contributed by atoms with E-state index in [2.05, 4.69) is 36.2 Å². The molecule has 5 heteroatoms. The van der Waals surface area contributed by atoms with Crippen molar-refractivity contribution < 1.29 is 4.79 Å². The van der Waals surface area contributed by atoms with Crippen molar-refractivity contribution in [3.8, 4) is 0 Å². The van der Waals surface area contributed by atoms with Gasteiger partial charge in [-0.3, -0.25) is 20.1 Å². The zero-order valence-electron chi connectivity index (χ0n) is 10.6. The van der Waals surface area contributed by atoms with Crippen LogP contribution in [0.4, 0.5) is 0 Å². The fourth-order valence-electron chi connectivity index (χ4n) is 1.46. The topological polar surface area (TPSA) is 71.2 Å². The molecule has 0 radical (unpaired) electrons. The highest BCUT2D eigenvalue weighted by Gasteiger charge is 2.09. The molecular weight excluding hydrogens is 216 g/mol. The Labute approximate surface area is 102 Å². The van der Waals surface area contributed by atoms with Gasteiger partial charge in [-0.05, 0) is 32.5 Å². The predicted molar refractivity (Wildman–Crippen MR) is 67.1 cm³/mol. The van der Waals surface area contributed by atoms with Gasteiger partial charge in [0.2, 0.25) is 0 Å². The maximum atomic E-state index is 11.2. The molecule has 0 spiro atoms. The van der Waals surface area contributed by atoms with E-state index in [9.17, 15) is 4.79 Å². The number of carbonyl (C=O) groups is 1. The van der Waals surface area contributed by atoms with Crippen molar-refractivity contribution in [2.75, 3.05) is 7.05 Å². The molecule has 0 aliphatic heterocycles. The minimum Gasteiger partial charge on any atom is -0.298 e. The van der Waals surface area contributed by atoms with Crippen molar-refractivity contribution in [2.24, 2.45) is 5.84 Å². The van der Waals surface area contributed by atoms with Crippen molar-refractivity contribution in [3.63, 3.8) is 0 Å². The summed E-state index contributed by atoms with van der Waals surface area (Å²) >= 11 is 0. The van der Waals surface area contributed by atoms with Gasteiger partial charge in [-0.1, -0.05) is 6.92 Å². The predicted octanol–water partition coefficient (Wildman–Crippen LogP) is 0.915. The van der Waals surface area contributed by atoms with Crippen LogP contribution in [0, 0.1) is 0 Å². The molecule has 1 atom stereocenters. The van der Waals surface area contributed by atoms with Gasteiger partial charge in [0.15, 0.2) is 0 Å². The summed E-state index contributed by atoms with van der Waals surface area (Å²) in [6.07, 6.45) is 2.64. The van der Waals surface area contributed by atoms with E-state index in [0.29, 0.717) is 11.6 Å². The second kappa shape index (κ2) is 6.32. The van der Waals surface area contributed by atoms with E-state index in [1.807, 2.05) is 6.07 Å². The molecule has 0 aromatic carbocycles. The van der Waals surface area contributed by atoms with Crippen molar-refractivity contribution in [2.45, 2.75) is 32.9 Å². The van der Waals surface area contributed by atoms with Gasteiger partial charge in [0.05, 0.1) is 11.3 Å². The van der Waals surface area contributed by atoms with Crippen molar-refractivity contribution in [1.29, 1.82) is 0 Å². The average Bonchev–Trinajstić information content (AvgIpc) is 2.37. The molecule has 1 amide bonds. The molecule has 0 saturated heterocycles. The lowest BCUT2D eigenvalue weighted by molar-refractivity contribution is 0.0953. The molecule has 1 heterocycles. The summed E-state index contributed by atoms with van der Waals surface area (Å²) in [5, 5.41) is 0. The Balaban J connectivity index is 2.65. The molecule has 0 bridgehead atoms. The summed E-state index contributed by atoms with van der Waals surface area (Å²) in [7, 11) is 2.07. The number of rotatable bonds is 5. The number of amides is 1. The minimum absolute atomic E-state index is 0.320. The van der Waals surface area contributed by atoms with Gasteiger partial charge in [-0.25, -0.2) is 5.84 Å². The number of nitrogens with one attached hydrogen (secondary N) is 1. The fourth-order valence-corrected chi connectivity index (χ4v) is 1.46. The highest BCUT2D eigenvalue weighted by atomic mass is 16.2. The molecule has 17 heavy (non-hydrogen) atoms. The van der Waals surface area contributed by atoms with Crippen molar-refractivity contribution >= 4 is 5.91 Å². The molecule has 1 aromatic heterocycles. The zero-order chi connectivity index (χ0) is 12.8. The molecule has 0 aliphatic rings. The largest absolute Gasteiger partial charge is 0.298 e. The van der Waals surface area contributed by atoms with Gasteiger partial charge in [0.25, 0.3) is 5.91 Å². The molecule has 3 N–H and O–H groups in total. The molecule has 1 unspecified atom stereocenters. The Bertz CT molecular complexity index is 363. The first-order valence-electron chi connectivity index (χ1n) is 5.74. The summed E-state index contributed by atoms with van der Waals surface area (Å²) in [5.74, 6) is 4.72. The van der Waals surface area contributed by atoms with Gasteiger partial charge in [-0.2, -0.15) is 0 Å². The minimum atomic E-state index is -0.320. The lowest BCUT2D eigenvalue weighted by atomic mass is 10.2. The number of pyridine rings is 1. The Hall–Kier alpha value is -1.46. The standard InChI is InChI=1S/C12H20N4O/c1-4-9(2)16(3)8-11-6-5-10(7-14-11)12(17)15-13/h5-7,9H,4,8,13H2,1-3H3,(H,15,17). The molecule has 5 nitrogen and oxygen atoms in total. The van der Waals surface area contributed by atoms with E-state index in [0.717, 1.165) is 18.7 Å². The van der Waals surface area contributed by atoms with Gasteiger partial charge < -0.3 is 0 Å². The molecular formula is C12H20N4O. The van der Waals surface area contributed by atoms with Crippen LogP contribution < -0.4 is 11.3 Å². The summed E-state index contributed by atoms with van der Waals surface area (Å²) < 4.78 is 0. The Morgan fingerprint density at radius 1 is 1.59 bits per heavy atom. The highest BCUT2D eigenvalue weighted by Crippen LogP contribution is 2.07. The molecule has 0 aliphatic carbocycles. The summed E-state index contributed by atoms with van der Waals surface area (Å²) in [6.45, 7) is 5.11. The molecule has 94 valence electrons. The van der Waals surface area contributed by atoms with E-state index in [1.165, 1.54) is 0 Å². The quantitative estimate of drug-likeness (QED) is 0.453. The molecule has 1 rings (SSSR count). The third kappa shape index (κ3) is 3.80. The SMILES string of the molecule is CCC(C)N(C)Cc1ccc(C(=O)NN)cn1. The van der Waals surface area contributed by atoms with Crippen molar-refractivity contribution in [1.82, 2.24) is 15.3 Å². The number of nitrogens with two attached hydrogens (primary N) is 1. The second-order valence-electron chi connectivity index (χ2n) is 4.18. The number of carbonyl (C=O) groups excluding carboxylic acids is 1. The van der Waals surface area contributed by atoms with Gasteiger partial charge >= 0.3 is 0 Å². The third-order valence-electron chi connectivity index (χ3n) is 2.97. The Morgan fingerprint density at radius 2 is 2.29 bits per heavy atom. The number of hydrogen-bond acceptors (Lipinski definition) is 4. The first-order chi connectivity index (χ1) is 8.08. The van der Waals surface area contributed by atoms with Crippen molar-refractivity contribution in [3.05, 3.63) is 29.6 Å². The zero-order valence-corrected chi connectivity index (χ0v) is 10.6. The Morgan fingerprint density at radius 3 is 2.76 bits per heavy atom. The summed E-state index contributed by atoms with van der Waals surface area (Å²) in [4.78, 5) is 17.7. The monoisotopic (exact) mass is 236 g/mol. The molecule has 0 saturated carbocycles. The molecule has 0 fully saturated rings. The van der Waals surface area contributed by atoms with Crippen LogP contribution >= 0.6 is 0 Å². The van der Waals surface area contributed by atoms with E-state index >= 15 is 0 Å². The van der Waals surface area contributed by atoms with Crippen LogP contribution in [-0.4, -0.2) is 28.9 Å². The smallest absolute Gasteiger partial charge is 0.266 e. The van der Waals surface area contributed by atoms with Crippen LogP contribution in [0.5, 0.6) is 0 Å². The maximum absolute atomic E-state index is 11.2. The summed E-state index contributed by atoms with van der Waals surface area (Å²) in [5.41, 5.74) is 3.50. The number of hydrogen-bond donors (Lipinski definition) is 2. The normalized spacial score (nSPS) is 12.5. The third-order valence-corrected chi connectivity index (χ3v) is 2.97. The number of aromatic nitrogens is 1. The lowest BCUT2D eigenvalue weighted by Gasteiger charge is -2.22. The van der Waals surface area contributed by atoms with E-state index < -0.39 is 0 Å². The number of nitrogen functional groups attached to an aromatic ring is 1. The van der Waals surface area contributed by atoms with Crippen LogP contribution in [0.15, 0.2) is 18.3 Å². The highest BCUT2D eigenvalue weighted by molar-refractivity contribution is 5.93. The second-order valence-corrected chi connectivity index (χ2v) is 4.18. The van der Waals surface area contributed by atoms with Gasteiger partial charge in [0.1, 0.15) is 0 Å². The van der Waals surface area contributed by atoms with E-state index in [-0.39, 0.29) is 5.91 Å². The lowest BCUT2D eigenvalue weighted by Crippen LogP contribution is -2.30. The first-order valence-corrected chi connectivity index (χ1v) is 5.74. The van der Waals surface area contributed by atoms with Crippen LogP contribution in [0.25, 0.3) is 0 Å². The number of hydrazine groups is 1. The Kier molecular flexibility index (Phi) is 5.06. The van der Waals surface area contributed by atoms with E-state index in [4.69, 9.17) is 5.84 Å². The van der Waals surface area contributed by atoms with Gasteiger partial charge in [-0.15, -0.1) is 0 Å². The van der Waals surface area contributed by atoms with Crippen LogP contribution in [0.3, 0.4) is 0 Å². The fraction of sp³-hybridized carbons (Fsp3) is 0.500. The average molecular weight is 236 g/mol. The van der Waals surface area contributed by atoms with Crippen LogP contribution in [0.1, 0.15) is 36.3 Å². The van der Waals surface area contributed by atoms with Crippen LogP contribution in [-0.2, 0) is 6.54 Å². The van der Waals surface area contributed by atoms with E-state index in [1.54, 1.807) is 12.3 Å². The maximum Gasteiger partial charge on any atom is 0.266 e. The first kappa shape index (κ1) is 13.6.